The smallest absolute Gasteiger partial charge is 0.250 e. The van der Waals surface area contributed by atoms with Crippen LogP contribution in [0, 0.1) is 11.6 Å². The zero-order valence-corrected chi connectivity index (χ0v) is 19.6. The van der Waals surface area contributed by atoms with Gasteiger partial charge in [0, 0.05) is 31.2 Å². The quantitative estimate of drug-likeness (QED) is 0.409. The van der Waals surface area contributed by atoms with Crippen LogP contribution in [-0.2, 0) is 11.2 Å². The molecular formula is C25H25F2N7O. The van der Waals surface area contributed by atoms with E-state index in [1.165, 1.54) is 22.9 Å². The molecule has 1 amide bonds. The summed E-state index contributed by atoms with van der Waals surface area (Å²) in [5.74, 6) is -1.65. The number of carbonyl (C=O) groups excluding carboxylic acids is 1. The third kappa shape index (κ3) is 5.21. The molecule has 10 heteroatoms. The second kappa shape index (κ2) is 10.0. The van der Waals surface area contributed by atoms with Crippen LogP contribution in [0.15, 0.2) is 48.8 Å². The first-order valence-corrected chi connectivity index (χ1v) is 11.2. The highest BCUT2D eigenvalue weighted by Crippen LogP contribution is 2.32. The minimum atomic E-state index is -0.690. The summed E-state index contributed by atoms with van der Waals surface area (Å²) in [6.45, 7) is 5.90. The van der Waals surface area contributed by atoms with Gasteiger partial charge in [-0.2, -0.15) is 15.3 Å². The van der Waals surface area contributed by atoms with Crippen LogP contribution in [0.2, 0.25) is 0 Å². The highest BCUT2D eigenvalue weighted by atomic mass is 19.1. The predicted molar refractivity (Wildman–Crippen MR) is 126 cm³/mol. The molecule has 0 aliphatic carbocycles. The molecule has 180 valence electrons. The normalized spacial score (nSPS) is 12.2. The molecule has 0 fully saturated rings. The minimum absolute atomic E-state index is 0.0248. The van der Waals surface area contributed by atoms with Crippen molar-refractivity contribution in [2.75, 3.05) is 0 Å². The van der Waals surface area contributed by atoms with Gasteiger partial charge < -0.3 is 5.73 Å². The van der Waals surface area contributed by atoms with Crippen molar-refractivity contribution in [1.82, 2.24) is 29.9 Å². The first kappa shape index (κ1) is 24.1. The van der Waals surface area contributed by atoms with Crippen molar-refractivity contribution in [2.24, 2.45) is 5.73 Å². The van der Waals surface area contributed by atoms with Crippen LogP contribution >= 0.6 is 0 Å². The molecule has 0 radical (unpaired) electrons. The summed E-state index contributed by atoms with van der Waals surface area (Å²) >= 11 is 0. The number of carbonyl (C=O) groups is 1. The molecule has 2 N–H and O–H groups in total. The second-order valence-corrected chi connectivity index (χ2v) is 8.54. The Balaban J connectivity index is 1.67. The van der Waals surface area contributed by atoms with Crippen molar-refractivity contribution in [2.45, 2.75) is 45.4 Å². The lowest BCUT2D eigenvalue weighted by Gasteiger charge is -2.18. The van der Waals surface area contributed by atoms with E-state index in [0.717, 1.165) is 5.56 Å². The van der Waals surface area contributed by atoms with E-state index in [2.05, 4.69) is 25.3 Å². The molecule has 0 saturated heterocycles. The molecule has 8 nitrogen and oxygen atoms in total. The van der Waals surface area contributed by atoms with Gasteiger partial charge in [-0.3, -0.25) is 4.79 Å². The Morgan fingerprint density at radius 2 is 1.83 bits per heavy atom. The van der Waals surface area contributed by atoms with Crippen molar-refractivity contribution < 1.29 is 13.6 Å². The number of aromatic nitrogens is 6. The summed E-state index contributed by atoms with van der Waals surface area (Å²) < 4.78 is 30.2. The standard InChI is InChI=1S/C25H25F2N7O/c1-14(2)17-13-21(23-18(26)5-4-6-19(23)27)31-32-24(17)15(3)20-9-11-29-25(30-20)34-12-10-16(33-34)7-8-22(28)35/h4-6,9-15H,7-8H2,1-3H3,(H2,28,35). The van der Waals surface area contributed by atoms with Gasteiger partial charge in [-0.05, 0) is 41.8 Å². The lowest BCUT2D eigenvalue weighted by atomic mass is 9.92. The van der Waals surface area contributed by atoms with Crippen LogP contribution in [0.5, 0.6) is 0 Å². The average molecular weight is 478 g/mol. The molecule has 0 saturated carbocycles. The van der Waals surface area contributed by atoms with Crippen molar-refractivity contribution >= 4 is 5.91 Å². The van der Waals surface area contributed by atoms with E-state index in [-0.39, 0.29) is 29.5 Å². The number of nitrogens with two attached hydrogens (primary N) is 1. The summed E-state index contributed by atoms with van der Waals surface area (Å²) in [5.41, 5.74) is 8.02. The molecule has 0 spiro atoms. The van der Waals surface area contributed by atoms with Crippen LogP contribution in [0.4, 0.5) is 8.78 Å². The first-order valence-electron chi connectivity index (χ1n) is 11.2. The third-order valence-electron chi connectivity index (χ3n) is 5.69. The molecule has 0 aliphatic heterocycles. The van der Waals surface area contributed by atoms with E-state index >= 15 is 0 Å². The number of hydrogen-bond acceptors (Lipinski definition) is 6. The Labute approximate surface area is 201 Å². The van der Waals surface area contributed by atoms with Crippen molar-refractivity contribution in [3.8, 4) is 17.2 Å². The van der Waals surface area contributed by atoms with Crippen LogP contribution in [-0.4, -0.2) is 35.9 Å². The number of amides is 1. The number of rotatable bonds is 8. The Morgan fingerprint density at radius 3 is 2.51 bits per heavy atom. The molecule has 3 aromatic heterocycles. The number of benzene rings is 1. The molecular weight excluding hydrogens is 452 g/mol. The molecule has 0 aliphatic rings. The van der Waals surface area contributed by atoms with Crippen molar-refractivity contribution in [3.63, 3.8) is 0 Å². The van der Waals surface area contributed by atoms with Crippen LogP contribution in [0.1, 0.15) is 61.7 Å². The topological polar surface area (TPSA) is 112 Å². The highest BCUT2D eigenvalue weighted by molar-refractivity contribution is 5.73. The van der Waals surface area contributed by atoms with Gasteiger partial charge in [0.15, 0.2) is 0 Å². The summed E-state index contributed by atoms with van der Waals surface area (Å²) in [5, 5.41) is 12.9. The van der Waals surface area contributed by atoms with Crippen LogP contribution in [0.25, 0.3) is 17.2 Å². The molecule has 4 rings (SSSR count). The van der Waals surface area contributed by atoms with Gasteiger partial charge in [0.1, 0.15) is 11.6 Å². The van der Waals surface area contributed by atoms with E-state index in [0.29, 0.717) is 29.5 Å². The number of hydrogen-bond donors (Lipinski definition) is 1. The third-order valence-corrected chi connectivity index (χ3v) is 5.69. The van der Waals surface area contributed by atoms with Gasteiger partial charge in [-0.25, -0.2) is 23.4 Å². The molecule has 1 atom stereocenters. The lowest BCUT2D eigenvalue weighted by Crippen LogP contribution is -2.12. The van der Waals surface area contributed by atoms with Gasteiger partial charge in [-0.1, -0.05) is 26.8 Å². The molecule has 35 heavy (non-hydrogen) atoms. The zero-order chi connectivity index (χ0) is 25.1. The molecule has 1 unspecified atom stereocenters. The second-order valence-electron chi connectivity index (χ2n) is 8.54. The molecule has 0 bridgehead atoms. The van der Waals surface area contributed by atoms with E-state index in [1.807, 2.05) is 20.8 Å². The lowest BCUT2D eigenvalue weighted by molar-refractivity contribution is -0.118. The van der Waals surface area contributed by atoms with Crippen LogP contribution < -0.4 is 5.73 Å². The number of primary amides is 1. The maximum Gasteiger partial charge on any atom is 0.250 e. The summed E-state index contributed by atoms with van der Waals surface area (Å²) in [6, 6.07) is 8.96. The van der Waals surface area contributed by atoms with Gasteiger partial charge in [-0.15, -0.1) is 0 Å². The Kier molecular flexibility index (Phi) is 6.90. The largest absolute Gasteiger partial charge is 0.370 e. The van der Waals surface area contributed by atoms with E-state index in [4.69, 9.17) is 5.73 Å². The van der Waals surface area contributed by atoms with Gasteiger partial charge in [0.05, 0.1) is 28.3 Å². The summed E-state index contributed by atoms with van der Waals surface area (Å²) in [6.07, 6.45) is 3.99. The fourth-order valence-corrected chi connectivity index (χ4v) is 3.79. The number of nitrogens with zero attached hydrogens (tertiary/aromatic N) is 6. The Morgan fingerprint density at radius 1 is 1.09 bits per heavy atom. The maximum absolute atomic E-state index is 14.3. The number of halogens is 2. The minimum Gasteiger partial charge on any atom is -0.370 e. The van der Waals surface area contributed by atoms with Gasteiger partial charge in [0.2, 0.25) is 5.91 Å². The predicted octanol–water partition coefficient (Wildman–Crippen LogP) is 4.09. The Hall–Kier alpha value is -4.08. The zero-order valence-electron chi connectivity index (χ0n) is 19.6. The highest BCUT2D eigenvalue weighted by Gasteiger charge is 2.22. The SMILES string of the molecule is CC(C)c1cc(-c2c(F)cccc2F)nnc1C(C)c1ccnc(-n2ccc(CCC(N)=O)n2)n1. The van der Waals surface area contributed by atoms with Crippen molar-refractivity contribution in [3.05, 3.63) is 83.1 Å². The van der Waals surface area contributed by atoms with Crippen molar-refractivity contribution in [1.29, 1.82) is 0 Å². The van der Waals surface area contributed by atoms with E-state index < -0.39 is 17.5 Å². The summed E-state index contributed by atoms with van der Waals surface area (Å²) in [7, 11) is 0. The molecule has 1 aromatic carbocycles. The summed E-state index contributed by atoms with van der Waals surface area (Å²) in [4.78, 5) is 20.0. The van der Waals surface area contributed by atoms with Crippen LogP contribution in [0.3, 0.4) is 0 Å². The van der Waals surface area contributed by atoms with E-state index in [9.17, 15) is 13.6 Å². The molecule has 3 heterocycles. The number of aryl methyl sites for hydroxylation is 1. The first-order chi connectivity index (χ1) is 16.7. The molecule has 4 aromatic rings. The fraction of sp³-hybridized carbons (Fsp3) is 0.280. The van der Waals surface area contributed by atoms with E-state index in [1.54, 1.807) is 30.6 Å². The van der Waals surface area contributed by atoms with Gasteiger partial charge in [0.25, 0.3) is 5.95 Å². The average Bonchev–Trinajstić information content (AvgIpc) is 3.31. The fourth-order valence-electron chi connectivity index (χ4n) is 3.79. The Bertz CT molecular complexity index is 1350. The van der Waals surface area contributed by atoms with Gasteiger partial charge >= 0.3 is 0 Å². The monoisotopic (exact) mass is 477 g/mol. The maximum atomic E-state index is 14.3.